The highest BCUT2D eigenvalue weighted by Gasteiger charge is 2.46. The van der Waals surface area contributed by atoms with Crippen molar-refractivity contribution in [3.8, 4) is 11.5 Å². The number of rotatable bonds is 8. The maximum atomic E-state index is 13.1. The molecule has 1 aromatic carbocycles. The number of halogens is 3. The summed E-state index contributed by atoms with van der Waals surface area (Å²) in [7, 11) is 3.17. The first-order valence-corrected chi connectivity index (χ1v) is 10.2. The Morgan fingerprint density at radius 2 is 1.82 bits per heavy atom. The maximum Gasteiger partial charge on any atom is 0.433 e. The molecule has 0 radical (unpaired) electrons. The van der Waals surface area contributed by atoms with Crippen molar-refractivity contribution in [2.75, 3.05) is 31.9 Å². The molecule has 0 bridgehead atoms. The highest BCUT2D eigenvalue weighted by atomic mass is 19.4. The van der Waals surface area contributed by atoms with Gasteiger partial charge in [0.2, 0.25) is 0 Å². The van der Waals surface area contributed by atoms with E-state index in [-0.39, 0.29) is 12.4 Å². The lowest BCUT2D eigenvalue weighted by Gasteiger charge is -2.20. The summed E-state index contributed by atoms with van der Waals surface area (Å²) >= 11 is 0. The molecule has 0 atom stereocenters. The molecule has 8 nitrogen and oxygen atoms in total. The van der Waals surface area contributed by atoms with Crippen molar-refractivity contribution in [1.29, 1.82) is 0 Å². The van der Waals surface area contributed by atoms with Crippen molar-refractivity contribution in [1.82, 2.24) is 15.0 Å². The number of aryl methyl sites for hydroxylation is 1. The van der Waals surface area contributed by atoms with Crippen LogP contribution < -0.4 is 20.5 Å². The number of nitrogens with one attached hydrogen (secondary N) is 1. The Kier molecular flexibility index (Phi) is 5.91. The van der Waals surface area contributed by atoms with Gasteiger partial charge in [0.25, 0.3) is 0 Å². The van der Waals surface area contributed by atoms with E-state index in [4.69, 9.17) is 19.9 Å². The van der Waals surface area contributed by atoms with Crippen molar-refractivity contribution < 1.29 is 27.4 Å². The van der Waals surface area contributed by atoms with Gasteiger partial charge in [-0.3, -0.25) is 0 Å². The van der Waals surface area contributed by atoms with E-state index >= 15 is 0 Å². The van der Waals surface area contributed by atoms with Crippen LogP contribution in [0.5, 0.6) is 11.5 Å². The molecule has 2 aromatic heterocycles. The second-order valence-electron chi connectivity index (χ2n) is 7.99. The topological polar surface area (TPSA) is 104 Å². The molecule has 0 spiro atoms. The Labute approximate surface area is 188 Å². The zero-order valence-electron chi connectivity index (χ0n) is 18.4. The molecule has 0 aliphatic heterocycles. The van der Waals surface area contributed by atoms with Crippen LogP contribution in [0.25, 0.3) is 10.9 Å². The number of nitrogen functional groups attached to an aromatic ring is 1. The van der Waals surface area contributed by atoms with Crippen molar-refractivity contribution in [3.63, 3.8) is 0 Å². The Hall–Kier alpha value is -3.34. The summed E-state index contributed by atoms with van der Waals surface area (Å²) in [6.07, 6.45) is -2.86. The number of alkyl halides is 3. The van der Waals surface area contributed by atoms with Gasteiger partial charge in [-0.15, -0.1) is 0 Å². The van der Waals surface area contributed by atoms with E-state index in [9.17, 15) is 13.2 Å². The number of fused-ring (bicyclic) bond motifs is 1. The molecular weight excluding hydrogens is 439 g/mol. The van der Waals surface area contributed by atoms with Gasteiger partial charge in [-0.2, -0.15) is 13.2 Å². The number of pyridine rings is 1. The van der Waals surface area contributed by atoms with E-state index < -0.39 is 17.5 Å². The molecule has 3 N–H and O–H groups in total. The average Bonchev–Trinajstić information content (AvgIpc) is 3.50. The summed E-state index contributed by atoms with van der Waals surface area (Å²) < 4.78 is 56.3. The largest absolute Gasteiger partial charge is 0.493 e. The fraction of sp³-hybridized carbons (Fsp3) is 0.409. The van der Waals surface area contributed by atoms with Crippen molar-refractivity contribution in [2.24, 2.45) is 0 Å². The lowest BCUT2D eigenvalue weighted by Crippen LogP contribution is -2.24. The number of hydrogen-bond donors (Lipinski definition) is 2. The van der Waals surface area contributed by atoms with E-state index in [1.807, 2.05) is 0 Å². The van der Waals surface area contributed by atoms with Crippen molar-refractivity contribution >= 4 is 22.5 Å². The van der Waals surface area contributed by atoms with Crippen LogP contribution in [0.15, 0.2) is 24.3 Å². The molecule has 2 heterocycles. The Bertz CT molecular complexity index is 1180. The molecular formula is C22H24F3N5O3. The summed E-state index contributed by atoms with van der Waals surface area (Å²) in [5.74, 6) is 1.77. The Balaban J connectivity index is 1.68. The highest BCUT2D eigenvalue weighted by Crippen LogP contribution is 2.44. The van der Waals surface area contributed by atoms with Gasteiger partial charge >= 0.3 is 6.18 Å². The molecule has 176 valence electrons. The molecule has 0 saturated heterocycles. The first kappa shape index (κ1) is 22.8. The molecule has 33 heavy (non-hydrogen) atoms. The third kappa shape index (κ3) is 5.03. The Morgan fingerprint density at radius 3 is 2.45 bits per heavy atom. The molecule has 1 fully saturated rings. The number of methoxy groups -OCH3 is 2. The predicted octanol–water partition coefficient (Wildman–Crippen LogP) is 4.11. The smallest absolute Gasteiger partial charge is 0.433 e. The van der Waals surface area contributed by atoms with E-state index in [1.54, 1.807) is 33.3 Å². The number of anilines is 2. The molecule has 0 amide bonds. The van der Waals surface area contributed by atoms with Crippen LogP contribution in [0.2, 0.25) is 0 Å². The second kappa shape index (κ2) is 8.54. The van der Waals surface area contributed by atoms with Gasteiger partial charge in [0, 0.05) is 25.1 Å². The van der Waals surface area contributed by atoms with Crippen LogP contribution in [0, 0.1) is 6.92 Å². The minimum atomic E-state index is -4.59. The fourth-order valence-corrected chi connectivity index (χ4v) is 3.58. The van der Waals surface area contributed by atoms with Gasteiger partial charge in [-0.05, 0) is 43.5 Å². The van der Waals surface area contributed by atoms with Crippen molar-refractivity contribution in [2.45, 2.75) is 38.1 Å². The Morgan fingerprint density at radius 1 is 1.06 bits per heavy atom. The first-order valence-electron chi connectivity index (χ1n) is 10.2. The molecule has 1 aliphatic rings. The first-order chi connectivity index (χ1) is 15.6. The minimum Gasteiger partial charge on any atom is -0.493 e. The summed E-state index contributed by atoms with van der Waals surface area (Å²) in [6.45, 7) is 2.23. The van der Waals surface area contributed by atoms with E-state index in [1.165, 1.54) is 6.07 Å². The quantitative estimate of drug-likeness (QED) is 0.514. The third-order valence-electron chi connectivity index (χ3n) is 5.29. The maximum absolute atomic E-state index is 13.1. The highest BCUT2D eigenvalue weighted by molar-refractivity contribution is 5.91. The molecule has 1 aliphatic carbocycles. The lowest BCUT2D eigenvalue weighted by atomic mass is 10.1. The van der Waals surface area contributed by atoms with Gasteiger partial charge in [-0.1, -0.05) is 0 Å². The zero-order valence-corrected chi connectivity index (χ0v) is 18.4. The summed E-state index contributed by atoms with van der Waals surface area (Å²) in [5.41, 5.74) is 5.07. The molecule has 11 heteroatoms. The predicted molar refractivity (Wildman–Crippen MR) is 116 cm³/mol. The molecule has 3 aromatic rings. The van der Waals surface area contributed by atoms with E-state index in [0.29, 0.717) is 46.2 Å². The average molecular weight is 463 g/mol. The van der Waals surface area contributed by atoms with Crippen LogP contribution in [0.4, 0.5) is 24.8 Å². The van der Waals surface area contributed by atoms with E-state index in [0.717, 1.165) is 18.9 Å². The number of aromatic nitrogens is 3. The zero-order chi connectivity index (χ0) is 23.8. The van der Waals surface area contributed by atoms with Gasteiger partial charge in [0.1, 0.15) is 28.8 Å². The van der Waals surface area contributed by atoms with Crippen LogP contribution in [0.3, 0.4) is 0 Å². The van der Waals surface area contributed by atoms with Crippen LogP contribution in [-0.4, -0.2) is 41.4 Å². The van der Waals surface area contributed by atoms with Gasteiger partial charge in [0.15, 0.2) is 11.5 Å². The standard InChI is InChI=1S/C22H24F3N5O3/c1-12-28-15-9-16(32-3)17(33-21(4-5-21)11-31-2)8-14(15)20(29-12)27-10-13-6-18(22(23,24)25)30-19(26)7-13/h6-9H,4-5,10-11H2,1-3H3,(H2,26,30)(H,27,28,29). The number of nitrogens with zero attached hydrogens (tertiary/aromatic N) is 3. The van der Waals surface area contributed by atoms with Crippen molar-refractivity contribution in [3.05, 3.63) is 41.3 Å². The van der Waals surface area contributed by atoms with E-state index in [2.05, 4.69) is 20.3 Å². The SMILES string of the molecule is COCC1(Oc2cc3c(NCc4cc(N)nc(C(F)(F)F)c4)nc(C)nc3cc2OC)CC1. The summed E-state index contributed by atoms with van der Waals surface area (Å²) in [6, 6.07) is 5.86. The fourth-order valence-electron chi connectivity index (χ4n) is 3.58. The lowest BCUT2D eigenvalue weighted by molar-refractivity contribution is -0.141. The normalized spacial score (nSPS) is 14.8. The number of nitrogens with two attached hydrogens (primary N) is 1. The molecule has 0 unspecified atom stereocenters. The van der Waals surface area contributed by atoms with Gasteiger partial charge in [0.05, 0.1) is 19.2 Å². The summed E-state index contributed by atoms with van der Waals surface area (Å²) in [4.78, 5) is 12.3. The van der Waals surface area contributed by atoms with Crippen LogP contribution in [0.1, 0.15) is 29.9 Å². The monoisotopic (exact) mass is 463 g/mol. The number of benzene rings is 1. The van der Waals surface area contributed by atoms with Gasteiger partial charge < -0.3 is 25.3 Å². The molecule has 1 saturated carbocycles. The van der Waals surface area contributed by atoms with Crippen LogP contribution in [-0.2, 0) is 17.5 Å². The summed E-state index contributed by atoms with van der Waals surface area (Å²) in [5, 5.41) is 3.74. The minimum absolute atomic E-state index is 0.0528. The van der Waals surface area contributed by atoms with Gasteiger partial charge in [-0.25, -0.2) is 15.0 Å². The number of ether oxygens (including phenoxy) is 3. The number of hydrogen-bond acceptors (Lipinski definition) is 8. The molecule has 4 rings (SSSR count). The third-order valence-corrected chi connectivity index (χ3v) is 5.29. The van der Waals surface area contributed by atoms with Crippen LogP contribution >= 0.6 is 0 Å². The second-order valence-corrected chi connectivity index (χ2v) is 7.99.